The maximum atomic E-state index is 14.0. The molecule has 0 spiro atoms. The summed E-state index contributed by atoms with van der Waals surface area (Å²) >= 11 is 0. The molecule has 3 rings (SSSR count). The van der Waals surface area contributed by atoms with E-state index in [4.69, 9.17) is 4.74 Å². The van der Waals surface area contributed by atoms with Crippen molar-refractivity contribution in [3.8, 4) is 5.75 Å². The molecular formula is C23H30F2N2O2. The summed E-state index contributed by atoms with van der Waals surface area (Å²) in [6, 6.07) is 7.86. The number of hydrogen-bond donors (Lipinski definition) is 1. The van der Waals surface area contributed by atoms with Crippen molar-refractivity contribution in [3.05, 3.63) is 64.2 Å². The van der Waals surface area contributed by atoms with E-state index in [1.165, 1.54) is 23.3 Å². The van der Waals surface area contributed by atoms with Crippen molar-refractivity contribution in [3.63, 3.8) is 0 Å². The zero-order valence-corrected chi connectivity index (χ0v) is 17.4. The molecule has 0 aromatic heterocycles. The van der Waals surface area contributed by atoms with Crippen LogP contribution in [-0.4, -0.2) is 54.3 Å². The number of ether oxygens (including phenoxy) is 1. The Balaban J connectivity index is 1.71. The van der Waals surface area contributed by atoms with Crippen LogP contribution < -0.4 is 4.74 Å². The zero-order valence-electron chi connectivity index (χ0n) is 17.4. The molecule has 0 amide bonds. The van der Waals surface area contributed by atoms with E-state index in [9.17, 15) is 13.9 Å². The van der Waals surface area contributed by atoms with E-state index in [1.807, 2.05) is 6.07 Å². The summed E-state index contributed by atoms with van der Waals surface area (Å²) in [6.07, 6.45) is 0.649. The summed E-state index contributed by atoms with van der Waals surface area (Å²) in [4.78, 5) is 4.52. The molecule has 1 aliphatic rings. The Hall–Kier alpha value is -2.02. The summed E-state index contributed by atoms with van der Waals surface area (Å²) in [7, 11) is 1.68. The maximum absolute atomic E-state index is 14.0. The largest absolute Gasteiger partial charge is 0.496 e. The highest BCUT2D eigenvalue weighted by molar-refractivity contribution is 5.43. The minimum atomic E-state index is -0.419. The summed E-state index contributed by atoms with van der Waals surface area (Å²) in [6.45, 7) is 7.74. The van der Waals surface area contributed by atoms with Crippen LogP contribution in [0.5, 0.6) is 5.75 Å². The number of aliphatic hydroxyl groups is 1. The third-order valence-electron chi connectivity index (χ3n) is 6.00. The Kier molecular flexibility index (Phi) is 7.22. The lowest BCUT2D eigenvalue weighted by atomic mass is 10.00. The Morgan fingerprint density at radius 1 is 1.03 bits per heavy atom. The molecule has 0 bridgehead atoms. The second kappa shape index (κ2) is 9.65. The molecule has 4 nitrogen and oxygen atoms in total. The van der Waals surface area contributed by atoms with Gasteiger partial charge < -0.3 is 9.84 Å². The average molecular weight is 405 g/mol. The molecule has 0 saturated carbocycles. The van der Waals surface area contributed by atoms with E-state index in [0.29, 0.717) is 25.1 Å². The fraction of sp³-hybridized carbons (Fsp3) is 0.478. The highest BCUT2D eigenvalue weighted by Crippen LogP contribution is 2.26. The number of hydrogen-bond acceptors (Lipinski definition) is 4. The number of rotatable bonds is 7. The van der Waals surface area contributed by atoms with Crippen molar-refractivity contribution in [2.24, 2.45) is 0 Å². The fourth-order valence-electron chi connectivity index (χ4n) is 4.10. The molecule has 1 heterocycles. The van der Waals surface area contributed by atoms with Gasteiger partial charge in [0, 0.05) is 50.9 Å². The lowest BCUT2D eigenvalue weighted by Gasteiger charge is -2.41. The van der Waals surface area contributed by atoms with E-state index in [0.717, 1.165) is 37.0 Å². The first-order chi connectivity index (χ1) is 13.9. The second-order valence-corrected chi connectivity index (χ2v) is 7.78. The summed E-state index contributed by atoms with van der Waals surface area (Å²) in [5.74, 6) is 0.0919. The van der Waals surface area contributed by atoms with Crippen molar-refractivity contribution < 1.29 is 18.6 Å². The summed E-state index contributed by atoms with van der Waals surface area (Å²) in [5.41, 5.74) is 3.99. The molecule has 1 aliphatic heterocycles. The Bertz CT molecular complexity index is 844. The third-order valence-corrected chi connectivity index (χ3v) is 6.00. The first-order valence-electron chi connectivity index (χ1n) is 10.1. The van der Waals surface area contributed by atoms with Gasteiger partial charge in [-0.3, -0.25) is 9.80 Å². The highest BCUT2D eigenvalue weighted by atomic mass is 19.1. The normalized spacial score (nSPS) is 18.2. The first kappa shape index (κ1) is 21.7. The Morgan fingerprint density at radius 2 is 1.83 bits per heavy atom. The average Bonchev–Trinajstić information content (AvgIpc) is 2.70. The molecule has 1 fully saturated rings. The Morgan fingerprint density at radius 3 is 2.55 bits per heavy atom. The molecule has 1 saturated heterocycles. The molecule has 2 aromatic carbocycles. The van der Waals surface area contributed by atoms with E-state index in [1.54, 1.807) is 7.11 Å². The van der Waals surface area contributed by atoms with Gasteiger partial charge in [-0.05, 0) is 61.2 Å². The minimum Gasteiger partial charge on any atom is -0.496 e. The molecule has 0 aliphatic carbocycles. The minimum absolute atomic E-state index is 0.101. The molecule has 158 valence electrons. The topological polar surface area (TPSA) is 35.9 Å². The van der Waals surface area contributed by atoms with Crippen molar-refractivity contribution in [2.45, 2.75) is 39.4 Å². The van der Waals surface area contributed by atoms with Crippen LogP contribution in [0.15, 0.2) is 30.3 Å². The number of halogens is 2. The number of benzene rings is 2. The zero-order chi connectivity index (χ0) is 21.0. The predicted molar refractivity (Wildman–Crippen MR) is 110 cm³/mol. The smallest absolute Gasteiger partial charge is 0.127 e. The van der Waals surface area contributed by atoms with Crippen LogP contribution in [0.4, 0.5) is 8.78 Å². The van der Waals surface area contributed by atoms with Gasteiger partial charge in [0.25, 0.3) is 0 Å². The molecule has 0 unspecified atom stereocenters. The van der Waals surface area contributed by atoms with Crippen LogP contribution in [0, 0.1) is 25.5 Å². The lowest BCUT2D eigenvalue weighted by Crippen LogP contribution is -2.52. The van der Waals surface area contributed by atoms with Gasteiger partial charge in [-0.2, -0.15) is 0 Å². The van der Waals surface area contributed by atoms with Crippen molar-refractivity contribution in [1.29, 1.82) is 0 Å². The van der Waals surface area contributed by atoms with Gasteiger partial charge in [-0.15, -0.1) is 0 Å². The molecule has 29 heavy (non-hydrogen) atoms. The van der Waals surface area contributed by atoms with E-state index < -0.39 is 5.82 Å². The van der Waals surface area contributed by atoms with Crippen LogP contribution >= 0.6 is 0 Å². The van der Waals surface area contributed by atoms with Gasteiger partial charge in [-0.1, -0.05) is 6.07 Å². The van der Waals surface area contributed by atoms with Gasteiger partial charge in [0.2, 0.25) is 0 Å². The van der Waals surface area contributed by atoms with Gasteiger partial charge >= 0.3 is 0 Å². The standard InChI is InChI=1S/C23H30F2N2O2/c1-16-17(2)23(29-3)7-4-18(16)14-27-10-9-26(15-21(27)8-11-28)13-19-12-20(24)5-6-22(19)25/h4-7,12,21,28H,8-11,13-15H2,1-3H3/t21-/m0/s1. The van der Waals surface area contributed by atoms with Crippen molar-refractivity contribution in [1.82, 2.24) is 9.80 Å². The highest BCUT2D eigenvalue weighted by Gasteiger charge is 2.27. The molecule has 1 atom stereocenters. The van der Waals surface area contributed by atoms with Crippen LogP contribution in [0.2, 0.25) is 0 Å². The van der Waals surface area contributed by atoms with Crippen LogP contribution in [0.3, 0.4) is 0 Å². The van der Waals surface area contributed by atoms with Crippen LogP contribution in [-0.2, 0) is 13.1 Å². The summed E-state index contributed by atoms with van der Waals surface area (Å²) < 4.78 is 32.9. The number of aliphatic hydroxyl groups excluding tert-OH is 1. The number of nitrogens with zero attached hydrogens (tertiary/aromatic N) is 2. The fourth-order valence-corrected chi connectivity index (χ4v) is 4.10. The van der Waals surface area contributed by atoms with Gasteiger partial charge in [0.05, 0.1) is 7.11 Å². The molecule has 1 N–H and O–H groups in total. The van der Waals surface area contributed by atoms with E-state index in [2.05, 4.69) is 29.7 Å². The Labute approximate surface area is 171 Å². The third kappa shape index (κ3) is 5.13. The lowest BCUT2D eigenvalue weighted by molar-refractivity contribution is 0.0493. The second-order valence-electron chi connectivity index (χ2n) is 7.78. The van der Waals surface area contributed by atoms with Gasteiger partial charge in [0.15, 0.2) is 0 Å². The first-order valence-corrected chi connectivity index (χ1v) is 10.1. The van der Waals surface area contributed by atoms with Crippen LogP contribution in [0.25, 0.3) is 0 Å². The molecule has 2 aromatic rings. The van der Waals surface area contributed by atoms with Gasteiger partial charge in [-0.25, -0.2) is 8.78 Å². The monoisotopic (exact) mass is 404 g/mol. The van der Waals surface area contributed by atoms with E-state index >= 15 is 0 Å². The SMILES string of the molecule is COc1ccc(CN2CCN(Cc3cc(F)ccc3F)C[C@@H]2CCO)c(C)c1C. The number of methoxy groups -OCH3 is 1. The van der Waals surface area contributed by atoms with Crippen LogP contribution in [0.1, 0.15) is 28.7 Å². The molecule has 6 heteroatoms. The molecular weight excluding hydrogens is 374 g/mol. The number of piperazine rings is 1. The quantitative estimate of drug-likeness (QED) is 0.764. The predicted octanol–water partition coefficient (Wildman–Crippen LogP) is 3.66. The maximum Gasteiger partial charge on any atom is 0.127 e. The summed E-state index contributed by atoms with van der Waals surface area (Å²) in [5, 5.41) is 9.55. The van der Waals surface area contributed by atoms with Gasteiger partial charge in [0.1, 0.15) is 17.4 Å². The van der Waals surface area contributed by atoms with Crippen molar-refractivity contribution >= 4 is 0 Å². The van der Waals surface area contributed by atoms with E-state index in [-0.39, 0.29) is 18.5 Å². The molecule has 0 radical (unpaired) electrons. The van der Waals surface area contributed by atoms with Crippen molar-refractivity contribution in [2.75, 3.05) is 33.4 Å².